The van der Waals surface area contributed by atoms with E-state index >= 15 is 13.6 Å². The third kappa shape index (κ3) is 5.94. The van der Waals surface area contributed by atoms with Crippen LogP contribution in [-0.4, -0.2) is 79.1 Å². The molecule has 6 atom stereocenters. The largest absolute Gasteiger partial charge is 0.438 e. The predicted molar refractivity (Wildman–Crippen MR) is 241 cm³/mol. The molecule has 0 radical (unpaired) electrons. The van der Waals surface area contributed by atoms with Gasteiger partial charge in [-0.25, -0.2) is 23.1 Å². The Morgan fingerprint density at radius 3 is 2.37 bits per heavy atom. The van der Waals surface area contributed by atoms with Gasteiger partial charge in [-0.2, -0.15) is 10.2 Å². The SMILES string of the molecule is Cc1cc(-n2nc3c(c2-n2ccn(-c4ccc5c(cnn5C)c4F)c2=O)[C@H](C)N(C(=O)c2cc4cc([C@H]5CCOC(C)(C)C5)ccc4n2[C@@]2(c4noc(=O)[nH]4)C[C@@H]2C)C2COC32)cc(C)c1F. The minimum atomic E-state index is -0.889. The molecule has 3 aliphatic heterocycles. The summed E-state index contributed by atoms with van der Waals surface area (Å²) in [7, 11) is 1.71. The summed E-state index contributed by atoms with van der Waals surface area (Å²) < 4.78 is 56.7. The molecule has 1 saturated carbocycles. The number of benzene rings is 3. The zero-order valence-electron chi connectivity index (χ0n) is 38.0. The van der Waals surface area contributed by atoms with Crippen molar-refractivity contribution in [2.75, 3.05) is 13.2 Å². The predicted octanol–water partition coefficient (Wildman–Crippen LogP) is 7.34. The molecule has 8 heterocycles. The van der Waals surface area contributed by atoms with Gasteiger partial charge in [0.1, 0.15) is 34.7 Å². The standard InChI is InChI=1S/C49H48F2N10O6/c1-24-16-31(17-25(2)39(24)50)61-43(58-14-13-57(47(58)64)35-11-10-34-32(40(35)51)22-52-56(34)7)38-27(4)59(37-23-65-42(37)41(38)54-61)44(62)36-19-30-18-28(29-12-15-66-48(5,6)21-29)8-9-33(30)60(36)49(20-26(49)3)45-53-46(63)67-55-45/h8-11,13-14,16-19,22,26-27,29,37,42H,12,15,20-21,23H2,1-7H3,(H,53,55,63)/t26-,27-,29-,37?,42?,49-/m0/s1. The van der Waals surface area contributed by atoms with Crippen LogP contribution in [0.4, 0.5) is 8.78 Å². The lowest BCUT2D eigenvalue weighted by atomic mass is 9.83. The Kier molecular flexibility index (Phi) is 8.85. The van der Waals surface area contributed by atoms with Crippen molar-refractivity contribution in [1.29, 1.82) is 0 Å². The van der Waals surface area contributed by atoms with Crippen LogP contribution in [0.2, 0.25) is 0 Å². The molecule has 12 rings (SSSR count). The third-order valence-corrected chi connectivity index (χ3v) is 14.9. The van der Waals surface area contributed by atoms with E-state index in [1.807, 2.05) is 22.5 Å². The Morgan fingerprint density at radius 2 is 1.69 bits per heavy atom. The lowest BCUT2D eigenvalue weighted by Crippen LogP contribution is -2.57. The number of fused-ring (bicyclic) bond motifs is 5. The first kappa shape index (κ1) is 41.5. The summed E-state index contributed by atoms with van der Waals surface area (Å²) in [6, 6.07) is 13.7. The Labute approximate surface area is 381 Å². The van der Waals surface area contributed by atoms with E-state index in [2.05, 4.69) is 54.2 Å². The van der Waals surface area contributed by atoms with E-state index in [1.54, 1.807) is 54.7 Å². The van der Waals surface area contributed by atoms with Crippen molar-refractivity contribution in [3.05, 3.63) is 139 Å². The molecule has 3 fully saturated rings. The first-order valence-corrected chi connectivity index (χ1v) is 22.7. The van der Waals surface area contributed by atoms with Gasteiger partial charge in [0.25, 0.3) is 5.91 Å². The Balaban J connectivity index is 1.03. The molecule has 4 aliphatic rings. The number of imidazole rings is 1. The van der Waals surface area contributed by atoms with E-state index in [-0.39, 0.29) is 46.8 Å². The van der Waals surface area contributed by atoms with Gasteiger partial charge in [0.15, 0.2) is 11.6 Å². The van der Waals surface area contributed by atoms with Crippen LogP contribution in [0.1, 0.15) is 109 Å². The summed E-state index contributed by atoms with van der Waals surface area (Å²) in [4.78, 5) is 47.8. The summed E-state index contributed by atoms with van der Waals surface area (Å²) in [6.07, 6.45) is 6.08. The fourth-order valence-corrected chi connectivity index (χ4v) is 11.4. The number of aryl methyl sites for hydroxylation is 3. The number of ether oxygens (including phenoxy) is 2. The van der Waals surface area contributed by atoms with Gasteiger partial charge >= 0.3 is 11.4 Å². The maximum atomic E-state index is 16.2. The van der Waals surface area contributed by atoms with E-state index in [0.717, 1.165) is 29.3 Å². The number of nitrogens with one attached hydrogen (secondary N) is 1. The van der Waals surface area contributed by atoms with Crippen LogP contribution in [0.25, 0.3) is 39.0 Å². The molecule has 1 N–H and O–H groups in total. The van der Waals surface area contributed by atoms with Gasteiger partial charge in [-0.15, -0.1) is 0 Å². The number of carbonyl (C=O) groups is 1. The normalized spacial score (nSPS) is 24.3. The number of carbonyl (C=O) groups excluding carboxylic acids is 1. The Morgan fingerprint density at radius 1 is 0.940 bits per heavy atom. The first-order valence-electron chi connectivity index (χ1n) is 22.7. The number of nitrogens with zero attached hydrogens (tertiary/aromatic N) is 9. The summed E-state index contributed by atoms with van der Waals surface area (Å²) in [5, 5.41) is 14.6. The number of aromatic amines is 1. The molecule has 3 aromatic carbocycles. The fourth-order valence-electron chi connectivity index (χ4n) is 11.4. The summed E-state index contributed by atoms with van der Waals surface area (Å²) in [6.45, 7) is 12.4. The van der Waals surface area contributed by atoms with Crippen molar-refractivity contribution >= 4 is 27.7 Å². The van der Waals surface area contributed by atoms with E-state index < -0.39 is 41.0 Å². The molecule has 16 nitrogen and oxygen atoms in total. The lowest BCUT2D eigenvalue weighted by molar-refractivity contribution is -0.146. The van der Waals surface area contributed by atoms with Crippen LogP contribution < -0.4 is 11.4 Å². The van der Waals surface area contributed by atoms with Gasteiger partial charge in [-0.05, 0) is 125 Å². The second-order valence-electron chi connectivity index (χ2n) is 19.5. The van der Waals surface area contributed by atoms with Gasteiger partial charge in [-0.1, -0.05) is 18.1 Å². The van der Waals surface area contributed by atoms with Crippen molar-refractivity contribution in [1.82, 2.24) is 48.3 Å². The molecule has 67 heavy (non-hydrogen) atoms. The molecule has 18 heteroatoms. The maximum Gasteiger partial charge on any atom is 0.438 e. The first-order chi connectivity index (χ1) is 32.1. The molecular formula is C49H48F2N10O6. The van der Waals surface area contributed by atoms with Crippen molar-refractivity contribution in [3.63, 3.8) is 0 Å². The minimum Gasteiger partial charge on any atom is -0.376 e. The zero-order chi connectivity index (χ0) is 46.6. The van der Waals surface area contributed by atoms with Gasteiger partial charge in [0.05, 0.1) is 52.8 Å². The van der Waals surface area contributed by atoms with Crippen molar-refractivity contribution in [3.8, 4) is 17.2 Å². The van der Waals surface area contributed by atoms with Gasteiger partial charge in [0, 0.05) is 42.5 Å². The molecule has 2 unspecified atom stereocenters. The molecular weight excluding hydrogens is 863 g/mol. The number of hydrogen-bond acceptors (Lipinski definition) is 9. The molecule has 1 aliphatic carbocycles. The van der Waals surface area contributed by atoms with Crippen molar-refractivity contribution in [2.45, 2.75) is 96.1 Å². The lowest BCUT2D eigenvalue weighted by Gasteiger charge is -2.50. The van der Waals surface area contributed by atoms with Crippen LogP contribution >= 0.6 is 0 Å². The highest BCUT2D eigenvalue weighted by atomic mass is 19.1. The van der Waals surface area contributed by atoms with Gasteiger partial charge in [0.2, 0.25) is 0 Å². The van der Waals surface area contributed by atoms with Gasteiger partial charge < -0.3 is 18.9 Å². The van der Waals surface area contributed by atoms with Crippen LogP contribution in [0.15, 0.2) is 81.2 Å². The van der Waals surface area contributed by atoms with Gasteiger partial charge in [-0.3, -0.25) is 28.1 Å². The van der Waals surface area contributed by atoms with Crippen LogP contribution in [0.3, 0.4) is 0 Å². The third-order valence-electron chi connectivity index (χ3n) is 14.9. The number of halogens is 2. The molecule has 344 valence electrons. The molecule has 8 aromatic rings. The summed E-state index contributed by atoms with van der Waals surface area (Å²) >= 11 is 0. The topological polar surface area (TPSA) is 165 Å². The van der Waals surface area contributed by atoms with E-state index in [1.165, 1.54) is 27.6 Å². The zero-order valence-corrected chi connectivity index (χ0v) is 38.0. The monoisotopic (exact) mass is 910 g/mol. The molecule has 2 saturated heterocycles. The molecule has 0 bridgehead atoms. The quantitative estimate of drug-likeness (QED) is 0.172. The molecule has 1 amide bonds. The highest BCUT2D eigenvalue weighted by Crippen LogP contribution is 2.57. The van der Waals surface area contributed by atoms with Crippen LogP contribution in [0.5, 0.6) is 0 Å². The van der Waals surface area contributed by atoms with E-state index in [4.69, 9.17) is 19.1 Å². The van der Waals surface area contributed by atoms with E-state index in [9.17, 15) is 9.59 Å². The minimum absolute atomic E-state index is 0.0244. The number of amides is 1. The smallest absolute Gasteiger partial charge is 0.376 e. The second kappa shape index (κ2) is 14.3. The number of hydrogen-bond donors (Lipinski definition) is 1. The Hall–Kier alpha value is -6.92. The fraction of sp³-hybridized carbons (Fsp3) is 0.388. The number of H-pyrrole nitrogens is 1. The highest BCUT2D eigenvalue weighted by Gasteiger charge is 2.60. The number of aromatic nitrogens is 9. The van der Waals surface area contributed by atoms with E-state index in [0.29, 0.717) is 64.0 Å². The molecule has 0 spiro atoms. The average Bonchev–Trinajstić information content (AvgIpc) is 3.91. The van der Waals surface area contributed by atoms with Crippen molar-refractivity contribution < 1.29 is 27.6 Å². The maximum absolute atomic E-state index is 16.2. The van der Waals surface area contributed by atoms with Crippen LogP contribution in [-0.2, 0) is 22.1 Å². The summed E-state index contributed by atoms with van der Waals surface area (Å²) in [5.74, 6) is -1.10. The highest BCUT2D eigenvalue weighted by molar-refractivity contribution is 6.00. The van der Waals surface area contributed by atoms with Crippen molar-refractivity contribution in [2.24, 2.45) is 13.0 Å². The number of rotatable bonds is 7. The second-order valence-corrected chi connectivity index (χ2v) is 19.5. The Bertz CT molecular complexity index is 3490. The average molecular weight is 911 g/mol. The van der Waals surface area contributed by atoms with Crippen LogP contribution in [0, 0.1) is 31.4 Å². The molecule has 5 aromatic heterocycles. The summed E-state index contributed by atoms with van der Waals surface area (Å²) in [5.41, 5.74) is 3.48.